The second-order valence-electron chi connectivity index (χ2n) is 5.76. The molecule has 20 heavy (non-hydrogen) atoms. The number of carbonyl (C=O) groups excluding carboxylic acids is 1. The van der Waals surface area contributed by atoms with Crippen LogP contribution in [0.5, 0.6) is 0 Å². The SMILES string of the molecule is CCCCCCCCCCCCCCNCCC(=O)[O-]. The third-order valence-electron chi connectivity index (χ3n) is 3.71. The van der Waals surface area contributed by atoms with Crippen molar-refractivity contribution in [3.63, 3.8) is 0 Å². The summed E-state index contributed by atoms with van der Waals surface area (Å²) in [5, 5.41) is 13.3. The molecule has 0 atom stereocenters. The monoisotopic (exact) mass is 284 g/mol. The fraction of sp³-hybridized carbons (Fsp3) is 0.941. The van der Waals surface area contributed by atoms with Crippen LogP contribution in [0.25, 0.3) is 0 Å². The molecule has 0 fully saturated rings. The molecule has 0 aliphatic carbocycles. The number of nitrogens with one attached hydrogen (secondary N) is 1. The zero-order valence-corrected chi connectivity index (χ0v) is 13.4. The maximum absolute atomic E-state index is 10.2. The summed E-state index contributed by atoms with van der Waals surface area (Å²) in [5.41, 5.74) is 0. The van der Waals surface area contributed by atoms with Gasteiger partial charge in [0.25, 0.3) is 0 Å². The molecule has 0 rings (SSSR count). The van der Waals surface area contributed by atoms with E-state index in [0.29, 0.717) is 6.54 Å². The summed E-state index contributed by atoms with van der Waals surface area (Å²) in [5.74, 6) is -0.966. The van der Waals surface area contributed by atoms with Crippen LogP contribution in [0.4, 0.5) is 0 Å². The van der Waals surface area contributed by atoms with E-state index in [2.05, 4.69) is 12.2 Å². The number of carboxylic acid groups (broad SMARTS) is 1. The summed E-state index contributed by atoms with van der Waals surface area (Å²) in [6.45, 7) is 3.74. The number of unbranched alkanes of at least 4 members (excludes halogenated alkanes) is 11. The van der Waals surface area contributed by atoms with Crippen LogP contribution < -0.4 is 10.4 Å². The molecule has 0 spiro atoms. The Labute approximate surface area is 125 Å². The second-order valence-corrected chi connectivity index (χ2v) is 5.76. The molecule has 0 saturated carbocycles. The average molecular weight is 284 g/mol. The van der Waals surface area contributed by atoms with Gasteiger partial charge in [0.1, 0.15) is 0 Å². The lowest BCUT2D eigenvalue weighted by Gasteiger charge is -2.05. The molecule has 0 aromatic rings. The van der Waals surface area contributed by atoms with Gasteiger partial charge >= 0.3 is 0 Å². The summed E-state index contributed by atoms with van der Waals surface area (Å²) in [6.07, 6.45) is 16.4. The number of aliphatic carboxylic acids is 1. The molecule has 0 unspecified atom stereocenters. The van der Waals surface area contributed by atoms with Crippen molar-refractivity contribution in [1.29, 1.82) is 0 Å². The normalized spacial score (nSPS) is 10.8. The van der Waals surface area contributed by atoms with Gasteiger partial charge in [-0.1, -0.05) is 77.6 Å². The Kier molecular flexibility index (Phi) is 16.0. The van der Waals surface area contributed by atoms with Crippen molar-refractivity contribution in [3.8, 4) is 0 Å². The smallest absolute Gasteiger partial charge is 0.0426 e. The first-order valence-electron chi connectivity index (χ1n) is 8.68. The van der Waals surface area contributed by atoms with Gasteiger partial charge < -0.3 is 15.2 Å². The molecule has 0 aliphatic heterocycles. The van der Waals surface area contributed by atoms with Crippen LogP contribution >= 0.6 is 0 Å². The van der Waals surface area contributed by atoms with Gasteiger partial charge in [0.15, 0.2) is 0 Å². The standard InChI is InChI=1S/C17H35NO2/c1-2-3-4-5-6-7-8-9-10-11-12-13-15-18-16-14-17(19)20/h18H,2-16H2,1H3,(H,19,20)/p-1. The van der Waals surface area contributed by atoms with Crippen LogP contribution in [-0.2, 0) is 4.79 Å². The Morgan fingerprint density at radius 2 is 1.20 bits per heavy atom. The maximum Gasteiger partial charge on any atom is 0.0426 e. The number of carboxylic acids is 1. The topological polar surface area (TPSA) is 52.2 Å². The molecule has 0 saturated heterocycles. The molecule has 0 heterocycles. The number of hydrogen-bond acceptors (Lipinski definition) is 3. The first-order valence-corrected chi connectivity index (χ1v) is 8.68. The van der Waals surface area contributed by atoms with E-state index in [1.54, 1.807) is 0 Å². The first kappa shape index (κ1) is 19.4. The second kappa shape index (κ2) is 16.5. The van der Waals surface area contributed by atoms with Crippen LogP contribution in [0.3, 0.4) is 0 Å². The lowest BCUT2D eigenvalue weighted by Crippen LogP contribution is -2.28. The summed E-state index contributed by atoms with van der Waals surface area (Å²) < 4.78 is 0. The van der Waals surface area contributed by atoms with Crippen LogP contribution in [0.2, 0.25) is 0 Å². The third-order valence-corrected chi connectivity index (χ3v) is 3.71. The van der Waals surface area contributed by atoms with Crippen molar-refractivity contribution >= 4 is 5.97 Å². The Morgan fingerprint density at radius 1 is 0.750 bits per heavy atom. The average Bonchev–Trinajstić information content (AvgIpc) is 2.43. The lowest BCUT2D eigenvalue weighted by atomic mass is 10.1. The van der Waals surface area contributed by atoms with Crippen LogP contribution in [0.1, 0.15) is 90.4 Å². The molecular formula is C17H34NO2-. The zero-order chi connectivity index (χ0) is 14.9. The Morgan fingerprint density at radius 3 is 1.65 bits per heavy atom. The minimum absolute atomic E-state index is 0.123. The van der Waals surface area contributed by atoms with Crippen LogP contribution in [0.15, 0.2) is 0 Å². The minimum atomic E-state index is -0.966. The van der Waals surface area contributed by atoms with Crippen LogP contribution in [-0.4, -0.2) is 19.1 Å². The molecule has 3 nitrogen and oxygen atoms in total. The lowest BCUT2D eigenvalue weighted by molar-refractivity contribution is -0.305. The van der Waals surface area contributed by atoms with Gasteiger partial charge in [0.05, 0.1) is 0 Å². The van der Waals surface area contributed by atoms with Crippen molar-refractivity contribution in [3.05, 3.63) is 0 Å². The van der Waals surface area contributed by atoms with E-state index in [-0.39, 0.29) is 6.42 Å². The summed E-state index contributed by atoms with van der Waals surface area (Å²) in [4.78, 5) is 10.2. The van der Waals surface area contributed by atoms with Crippen molar-refractivity contribution in [1.82, 2.24) is 5.32 Å². The van der Waals surface area contributed by atoms with Gasteiger partial charge in [-0.25, -0.2) is 0 Å². The first-order chi connectivity index (χ1) is 9.77. The van der Waals surface area contributed by atoms with Crippen molar-refractivity contribution in [2.24, 2.45) is 0 Å². The highest BCUT2D eigenvalue weighted by Crippen LogP contribution is 2.11. The quantitative estimate of drug-likeness (QED) is 0.442. The van der Waals surface area contributed by atoms with E-state index in [0.717, 1.165) is 13.0 Å². The highest BCUT2D eigenvalue weighted by Gasteiger charge is 1.93. The molecule has 0 bridgehead atoms. The molecule has 120 valence electrons. The number of rotatable bonds is 16. The van der Waals surface area contributed by atoms with Crippen molar-refractivity contribution < 1.29 is 9.90 Å². The fourth-order valence-corrected chi connectivity index (χ4v) is 2.41. The molecule has 0 aliphatic rings. The van der Waals surface area contributed by atoms with Gasteiger partial charge in [-0.15, -0.1) is 0 Å². The molecule has 0 radical (unpaired) electrons. The van der Waals surface area contributed by atoms with Crippen LogP contribution in [0, 0.1) is 0 Å². The molecule has 0 amide bonds. The van der Waals surface area contributed by atoms with Crippen molar-refractivity contribution in [2.45, 2.75) is 90.4 Å². The van der Waals surface area contributed by atoms with Gasteiger partial charge in [-0.2, -0.15) is 0 Å². The predicted octanol–water partition coefficient (Wildman–Crippen LogP) is 3.42. The maximum atomic E-state index is 10.2. The summed E-state index contributed by atoms with van der Waals surface area (Å²) in [7, 11) is 0. The van der Waals surface area contributed by atoms with E-state index in [9.17, 15) is 9.90 Å². The number of carbonyl (C=O) groups is 1. The number of hydrogen-bond donors (Lipinski definition) is 1. The highest BCUT2D eigenvalue weighted by atomic mass is 16.4. The van der Waals surface area contributed by atoms with Gasteiger partial charge in [0.2, 0.25) is 0 Å². The van der Waals surface area contributed by atoms with Gasteiger partial charge in [0, 0.05) is 12.5 Å². The van der Waals surface area contributed by atoms with Crippen molar-refractivity contribution in [2.75, 3.05) is 13.1 Å². The summed E-state index contributed by atoms with van der Waals surface area (Å²) in [6, 6.07) is 0. The third kappa shape index (κ3) is 17.4. The predicted molar refractivity (Wildman–Crippen MR) is 83.6 cm³/mol. The molecule has 0 aromatic carbocycles. The molecule has 3 heteroatoms. The largest absolute Gasteiger partial charge is 0.550 e. The van der Waals surface area contributed by atoms with E-state index >= 15 is 0 Å². The Balaban J connectivity index is 2.94. The molecular weight excluding hydrogens is 250 g/mol. The van der Waals surface area contributed by atoms with E-state index in [1.165, 1.54) is 70.6 Å². The minimum Gasteiger partial charge on any atom is -0.550 e. The fourth-order valence-electron chi connectivity index (χ4n) is 2.41. The Hall–Kier alpha value is -0.570. The Bertz CT molecular complexity index is 207. The van der Waals surface area contributed by atoms with Gasteiger partial charge in [-0.3, -0.25) is 0 Å². The highest BCUT2D eigenvalue weighted by molar-refractivity contribution is 5.64. The van der Waals surface area contributed by atoms with E-state index in [1.807, 2.05) is 0 Å². The molecule has 0 aromatic heterocycles. The molecule has 1 N–H and O–H groups in total. The zero-order valence-electron chi connectivity index (χ0n) is 13.4. The van der Waals surface area contributed by atoms with E-state index < -0.39 is 5.97 Å². The van der Waals surface area contributed by atoms with E-state index in [4.69, 9.17) is 0 Å². The summed E-state index contributed by atoms with van der Waals surface area (Å²) >= 11 is 0. The van der Waals surface area contributed by atoms with Gasteiger partial charge in [-0.05, 0) is 19.4 Å².